The third kappa shape index (κ3) is 4.92. The summed E-state index contributed by atoms with van der Waals surface area (Å²) in [5.41, 5.74) is 2.04. The average Bonchev–Trinajstić information content (AvgIpc) is 3.58. The van der Waals surface area contributed by atoms with Gasteiger partial charge in [0.1, 0.15) is 5.69 Å². The number of hydrogen-bond donors (Lipinski definition) is 2. The molecular weight excluding hydrogens is 462 g/mol. The number of nitrogens with zero attached hydrogens (tertiary/aromatic N) is 5. The molecule has 3 aromatic heterocycles. The van der Waals surface area contributed by atoms with Crippen molar-refractivity contribution in [1.29, 1.82) is 0 Å². The summed E-state index contributed by atoms with van der Waals surface area (Å²) >= 11 is 1.53. The van der Waals surface area contributed by atoms with Gasteiger partial charge in [0.05, 0.1) is 46.6 Å². The molecule has 2 aliphatic rings. The fourth-order valence-electron chi connectivity index (χ4n) is 3.72. The third-order valence-corrected chi connectivity index (χ3v) is 8.41. The molecule has 0 amide bonds. The van der Waals surface area contributed by atoms with E-state index < -0.39 is 10.0 Å². The lowest BCUT2D eigenvalue weighted by molar-refractivity contribution is 0.325. The Balaban J connectivity index is 1.39. The minimum atomic E-state index is -3.33. The Bertz CT molecular complexity index is 1230. The summed E-state index contributed by atoms with van der Waals surface area (Å²) in [6, 6.07) is 3.43. The quantitative estimate of drug-likeness (QED) is 0.493. The van der Waals surface area contributed by atoms with E-state index >= 15 is 0 Å². The Kier molecular flexibility index (Phi) is 6.13. The number of pyridine rings is 1. The third-order valence-electron chi connectivity index (χ3n) is 5.49. The molecule has 174 valence electrons. The first kappa shape index (κ1) is 22.0. The molecule has 2 fully saturated rings. The van der Waals surface area contributed by atoms with Gasteiger partial charge in [-0.15, -0.1) is 0 Å². The molecule has 0 aromatic carbocycles. The molecule has 12 heteroatoms. The molecular formula is C21H25N7O3S2. The van der Waals surface area contributed by atoms with E-state index in [0.717, 1.165) is 41.6 Å². The van der Waals surface area contributed by atoms with Crippen LogP contribution in [0.5, 0.6) is 5.88 Å². The summed E-state index contributed by atoms with van der Waals surface area (Å²) in [4.78, 5) is 21.0. The van der Waals surface area contributed by atoms with Crippen LogP contribution in [0, 0.1) is 0 Å². The topological polar surface area (TPSA) is 122 Å². The van der Waals surface area contributed by atoms with E-state index in [9.17, 15) is 8.42 Å². The lowest BCUT2D eigenvalue weighted by Gasteiger charge is -2.35. The first-order chi connectivity index (χ1) is 16.0. The van der Waals surface area contributed by atoms with Crippen molar-refractivity contribution in [2.24, 2.45) is 0 Å². The molecule has 1 saturated carbocycles. The summed E-state index contributed by atoms with van der Waals surface area (Å²) < 4.78 is 32.9. The number of nitrogens with one attached hydrogen (secondary N) is 2. The number of thiazole rings is 1. The minimum Gasteiger partial charge on any atom is -0.477 e. The van der Waals surface area contributed by atoms with E-state index in [4.69, 9.17) is 4.74 Å². The number of anilines is 2. The van der Waals surface area contributed by atoms with Crippen molar-refractivity contribution in [1.82, 2.24) is 25.3 Å². The van der Waals surface area contributed by atoms with Crippen LogP contribution in [-0.4, -0.2) is 59.8 Å². The van der Waals surface area contributed by atoms with Gasteiger partial charge in [0.2, 0.25) is 15.9 Å². The fraction of sp³-hybridized carbons (Fsp3) is 0.429. The normalized spacial score (nSPS) is 18.8. The van der Waals surface area contributed by atoms with Crippen LogP contribution in [0.4, 0.5) is 10.8 Å². The summed E-state index contributed by atoms with van der Waals surface area (Å²) in [5.74, 6) is 0.486. The predicted molar refractivity (Wildman–Crippen MR) is 127 cm³/mol. The van der Waals surface area contributed by atoms with Crippen molar-refractivity contribution in [3.8, 4) is 16.5 Å². The summed E-state index contributed by atoms with van der Waals surface area (Å²) in [7, 11) is -3.33. The van der Waals surface area contributed by atoms with Gasteiger partial charge in [-0.3, -0.25) is 14.7 Å². The highest BCUT2D eigenvalue weighted by atomic mass is 32.2. The number of hydrogen-bond acceptors (Lipinski definition) is 10. The minimum absolute atomic E-state index is 0.0797. The smallest absolute Gasteiger partial charge is 0.235 e. The Hall–Kier alpha value is -2.83. The number of ether oxygens (including phenoxy) is 1. The van der Waals surface area contributed by atoms with Crippen LogP contribution < -0.4 is 19.7 Å². The molecule has 1 atom stereocenters. The lowest BCUT2D eigenvalue weighted by Crippen LogP contribution is -2.46. The standard InChI is InChI=1S/C21H25N7O3S2/c1-2-31-20-13-23-10-17(26-20)19-12-25-21(32-19)28-8-7-22-11-18(28)16-9-14(5-6-24-16)27-33(29,30)15-3-4-15/h5-6,9-10,12-13,15,18,22H,2-4,7-8,11H2,1H3,(H,24,27). The predicted octanol–water partition coefficient (Wildman–Crippen LogP) is 2.45. The molecule has 3 aromatic rings. The molecule has 1 aliphatic carbocycles. The molecule has 0 spiro atoms. The van der Waals surface area contributed by atoms with Gasteiger partial charge in [-0.1, -0.05) is 11.3 Å². The van der Waals surface area contributed by atoms with Crippen LogP contribution in [0.1, 0.15) is 31.5 Å². The fourth-order valence-corrected chi connectivity index (χ4v) is 6.04. The van der Waals surface area contributed by atoms with E-state index in [-0.39, 0.29) is 11.3 Å². The number of piperazine rings is 1. The maximum Gasteiger partial charge on any atom is 0.235 e. The maximum absolute atomic E-state index is 12.4. The van der Waals surface area contributed by atoms with Crippen LogP contribution >= 0.6 is 11.3 Å². The zero-order valence-electron chi connectivity index (χ0n) is 18.1. The maximum atomic E-state index is 12.4. The van der Waals surface area contributed by atoms with Gasteiger partial charge in [-0.25, -0.2) is 18.4 Å². The van der Waals surface area contributed by atoms with Crippen LogP contribution in [0.15, 0.2) is 36.9 Å². The van der Waals surface area contributed by atoms with Gasteiger partial charge in [-0.05, 0) is 31.9 Å². The van der Waals surface area contributed by atoms with Crippen molar-refractivity contribution < 1.29 is 13.2 Å². The van der Waals surface area contributed by atoms with Gasteiger partial charge in [-0.2, -0.15) is 0 Å². The monoisotopic (exact) mass is 487 g/mol. The van der Waals surface area contributed by atoms with E-state index in [1.807, 2.05) is 13.0 Å². The Morgan fingerprint density at radius 2 is 2.15 bits per heavy atom. The highest BCUT2D eigenvalue weighted by Gasteiger charge is 2.36. The highest BCUT2D eigenvalue weighted by molar-refractivity contribution is 7.93. The molecule has 1 aliphatic heterocycles. The average molecular weight is 488 g/mol. The highest BCUT2D eigenvalue weighted by Crippen LogP contribution is 2.36. The van der Waals surface area contributed by atoms with Crippen LogP contribution in [0.25, 0.3) is 10.6 Å². The van der Waals surface area contributed by atoms with E-state index in [1.165, 1.54) is 11.3 Å². The molecule has 33 heavy (non-hydrogen) atoms. The molecule has 1 saturated heterocycles. The van der Waals surface area contributed by atoms with Gasteiger partial charge in [0, 0.05) is 32.0 Å². The number of aromatic nitrogens is 4. The second-order valence-electron chi connectivity index (χ2n) is 7.91. The van der Waals surface area contributed by atoms with Gasteiger partial charge in [0.25, 0.3) is 0 Å². The first-order valence-corrected chi connectivity index (χ1v) is 13.3. The summed E-state index contributed by atoms with van der Waals surface area (Å²) in [5, 5.41) is 3.98. The molecule has 5 rings (SSSR count). The summed E-state index contributed by atoms with van der Waals surface area (Å²) in [6.07, 6.45) is 8.18. The van der Waals surface area contributed by atoms with Crippen molar-refractivity contribution >= 4 is 32.2 Å². The Morgan fingerprint density at radius 1 is 1.27 bits per heavy atom. The summed E-state index contributed by atoms with van der Waals surface area (Å²) in [6.45, 7) is 4.68. The largest absolute Gasteiger partial charge is 0.477 e. The first-order valence-electron chi connectivity index (χ1n) is 10.9. The number of sulfonamides is 1. The Labute approximate surface area is 196 Å². The van der Waals surface area contributed by atoms with Crippen LogP contribution in [0.2, 0.25) is 0 Å². The SMILES string of the molecule is CCOc1cncc(-c2cnc(N3CCNCC3c3cc(NS(=O)(=O)C4CC4)ccn3)s2)n1. The zero-order valence-corrected chi connectivity index (χ0v) is 19.8. The molecule has 1 unspecified atom stereocenters. The van der Waals surface area contributed by atoms with Gasteiger partial charge in [0.15, 0.2) is 5.13 Å². The van der Waals surface area contributed by atoms with Crippen molar-refractivity contribution in [2.45, 2.75) is 31.1 Å². The van der Waals surface area contributed by atoms with E-state index in [0.29, 0.717) is 30.4 Å². The second-order valence-corrected chi connectivity index (χ2v) is 10.9. The number of rotatable bonds is 8. The molecule has 10 nitrogen and oxygen atoms in total. The lowest BCUT2D eigenvalue weighted by atomic mass is 10.1. The van der Waals surface area contributed by atoms with Crippen LogP contribution in [0.3, 0.4) is 0 Å². The van der Waals surface area contributed by atoms with Crippen molar-refractivity contribution in [3.05, 3.63) is 42.6 Å². The molecule has 0 bridgehead atoms. The van der Waals surface area contributed by atoms with Crippen molar-refractivity contribution in [3.63, 3.8) is 0 Å². The Morgan fingerprint density at radius 3 is 2.97 bits per heavy atom. The van der Waals surface area contributed by atoms with Crippen molar-refractivity contribution in [2.75, 3.05) is 35.9 Å². The second kappa shape index (κ2) is 9.20. The zero-order chi connectivity index (χ0) is 22.8. The van der Waals surface area contributed by atoms with Gasteiger partial charge < -0.3 is 15.0 Å². The molecule has 0 radical (unpaired) electrons. The van der Waals surface area contributed by atoms with Gasteiger partial charge >= 0.3 is 0 Å². The molecule has 2 N–H and O–H groups in total. The van der Waals surface area contributed by atoms with E-state index in [2.05, 4.69) is 34.9 Å². The molecule has 4 heterocycles. The van der Waals surface area contributed by atoms with Crippen LogP contribution in [-0.2, 0) is 10.0 Å². The van der Waals surface area contributed by atoms with E-state index in [1.54, 1.807) is 30.9 Å².